The number of benzene rings is 1. The molecule has 1 aromatic rings. The molecule has 9 heteroatoms. The van der Waals surface area contributed by atoms with Crippen molar-refractivity contribution in [2.24, 2.45) is 0 Å². The minimum Gasteiger partial charge on any atom is -0.466 e. The van der Waals surface area contributed by atoms with E-state index < -0.39 is 35.1 Å². The van der Waals surface area contributed by atoms with Crippen LogP contribution in [0.5, 0.6) is 0 Å². The van der Waals surface area contributed by atoms with Crippen molar-refractivity contribution < 1.29 is 32.3 Å². The lowest BCUT2D eigenvalue weighted by Gasteiger charge is -2.33. The summed E-state index contributed by atoms with van der Waals surface area (Å²) in [5, 5.41) is 1.84. The van der Waals surface area contributed by atoms with E-state index in [0.717, 1.165) is 17.6 Å². The van der Waals surface area contributed by atoms with Crippen LogP contribution in [0.15, 0.2) is 35.5 Å². The molecule has 0 aromatic heterocycles. The Morgan fingerprint density at radius 1 is 1.12 bits per heavy atom. The standard InChI is InChI=1S/C23H29F3N2O4/c1-7-8-13-28-14(2)17(19(30)32-6)22(20(28)31,23(24,25)26)27-18(29)15-9-11-16(12-10-15)21(3,4)5/h9-12H,7-8,13H2,1-6H3,(H,27,29). The first-order valence-corrected chi connectivity index (χ1v) is 10.3. The van der Waals surface area contributed by atoms with Crippen LogP contribution in [0.3, 0.4) is 0 Å². The molecular formula is C23H29F3N2O4. The number of ether oxygens (including phenoxy) is 1. The van der Waals surface area contributed by atoms with Gasteiger partial charge in [-0.1, -0.05) is 46.2 Å². The van der Waals surface area contributed by atoms with Gasteiger partial charge in [0.15, 0.2) is 0 Å². The van der Waals surface area contributed by atoms with Gasteiger partial charge in [-0.05, 0) is 36.5 Å². The number of allylic oxidation sites excluding steroid dienone is 1. The molecule has 0 bridgehead atoms. The quantitative estimate of drug-likeness (QED) is 0.657. The Hall–Kier alpha value is -2.84. The van der Waals surface area contributed by atoms with E-state index in [1.807, 2.05) is 33.0 Å². The first-order valence-electron chi connectivity index (χ1n) is 10.3. The normalized spacial score (nSPS) is 19.4. The molecule has 1 heterocycles. The summed E-state index contributed by atoms with van der Waals surface area (Å²) in [6.07, 6.45) is -4.24. The molecule has 176 valence electrons. The number of alkyl halides is 3. The van der Waals surface area contributed by atoms with E-state index in [0.29, 0.717) is 12.8 Å². The predicted molar refractivity (Wildman–Crippen MR) is 113 cm³/mol. The maximum atomic E-state index is 14.5. The topological polar surface area (TPSA) is 75.7 Å². The van der Waals surface area contributed by atoms with Crippen molar-refractivity contribution in [2.75, 3.05) is 13.7 Å². The molecule has 0 radical (unpaired) electrons. The molecule has 6 nitrogen and oxygen atoms in total. The summed E-state index contributed by atoms with van der Waals surface area (Å²) in [6, 6.07) is 6.06. The van der Waals surface area contributed by atoms with E-state index in [1.165, 1.54) is 19.1 Å². The first kappa shape index (κ1) is 25.4. The Bertz CT molecular complexity index is 930. The zero-order valence-corrected chi connectivity index (χ0v) is 19.1. The predicted octanol–water partition coefficient (Wildman–Crippen LogP) is 4.10. The third kappa shape index (κ3) is 4.38. The molecule has 0 saturated heterocycles. The van der Waals surface area contributed by atoms with Crippen LogP contribution in [-0.2, 0) is 19.7 Å². The molecule has 1 aromatic carbocycles. The second-order valence-corrected chi connectivity index (χ2v) is 8.79. The van der Waals surface area contributed by atoms with Crippen LogP contribution >= 0.6 is 0 Å². The van der Waals surface area contributed by atoms with Crippen molar-refractivity contribution in [2.45, 2.75) is 64.6 Å². The van der Waals surface area contributed by atoms with Gasteiger partial charge in [-0.3, -0.25) is 9.59 Å². The van der Waals surface area contributed by atoms with Crippen LogP contribution in [0, 0.1) is 0 Å². The Balaban J connectivity index is 2.58. The van der Waals surface area contributed by atoms with Gasteiger partial charge in [0.2, 0.25) is 0 Å². The van der Waals surface area contributed by atoms with Crippen LogP contribution in [0.2, 0.25) is 0 Å². The lowest BCUT2D eigenvalue weighted by molar-refractivity contribution is -0.192. The number of rotatable bonds is 6. The highest BCUT2D eigenvalue weighted by Gasteiger charge is 2.70. The molecule has 0 saturated carbocycles. The number of carbonyl (C=O) groups excluding carboxylic acids is 3. The zero-order valence-electron chi connectivity index (χ0n) is 19.1. The Kier molecular flexibility index (Phi) is 7.11. The molecule has 0 aliphatic carbocycles. The first-order chi connectivity index (χ1) is 14.7. The highest BCUT2D eigenvalue weighted by Crippen LogP contribution is 2.45. The van der Waals surface area contributed by atoms with Gasteiger partial charge in [-0.2, -0.15) is 13.2 Å². The second-order valence-electron chi connectivity index (χ2n) is 8.79. The van der Waals surface area contributed by atoms with Crippen molar-refractivity contribution in [1.82, 2.24) is 10.2 Å². The minimum atomic E-state index is -5.28. The number of esters is 1. The molecule has 1 aliphatic heterocycles. The summed E-state index contributed by atoms with van der Waals surface area (Å²) < 4.78 is 48.0. The largest absolute Gasteiger partial charge is 0.466 e. The molecule has 2 rings (SSSR count). The van der Waals surface area contributed by atoms with E-state index in [2.05, 4.69) is 4.74 Å². The fourth-order valence-electron chi connectivity index (χ4n) is 3.67. The summed E-state index contributed by atoms with van der Waals surface area (Å²) in [5.74, 6) is -3.87. The van der Waals surface area contributed by atoms with Crippen molar-refractivity contribution in [3.8, 4) is 0 Å². The van der Waals surface area contributed by atoms with E-state index in [1.54, 1.807) is 12.1 Å². The van der Waals surface area contributed by atoms with Gasteiger partial charge in [0, 0.05) is 17.8 Å². The minimum absolute atomic E-state index is 0.0182. The van der Waals surface area contributed by atoms with E-state index in [4.69, 9.17) is 0 Å². The van der Waals surface area contributed by atoms with E-state index in [-0.39, 0.29) is 23.2 Å². The number of hydrogen-bond acceptors (Lipinski definition) is 4. The molecule has 32 heavy (non-hydrogen) atoms. The van der Waals surface area contributed by atoms with E-state index >= 15 is 0 Å². The highest BCUT2D eigenvalue weighted by molar-refractivity contribution is 6.11. The lowest BCUT2D eigenvalue weighted by Crippen LogP contribution is -2.66. The molecule has 1 atom stereocenters. The van der Waals surface area contributed by atoms with Gasteiger partial charge < -0.3 is 15.0 Å². The Morgan fingerprint density at radius 3 is 2.12 bits per heavy atom. The van der Waals surface area contributed by atoms with Crippen LogP contribution in [0.4, 0.5) is 13.2 Å². The van der Waals surface area contributed by atoms with Crippen LogP contribution in [-0.4, -0.2) is 48.1 Å². The SMILES string of the molecule is CCCCN1C(=O)C(NC(=O)c2ccc(C(C)(C)C)cc2)(C(F)(F)F)C(C(=O)OC)=C1C. The number of amides is 2. The average Bonchev–Trinajstić information content (AvgIpc) is 2.92. The lowest BCUT2D eigenvalue weighted by atomic mass is 9.86. The molecule has 1 unspecified atom stereocenters. The maximum Gasteiger partial charge on any atom is 0.425 e. The third-order valence-electron chi connectivity index (χ3n) is 5.57. The Labute approximate surface area is 185 Å². The molecule has 0 fully saturated rings. The molecule has 1 aliphatic rings. The van der Waals surface area contributed by atoms with Crippen molar-refractivity contribution in [3.05, 3.63) is 46.7 Å². The smallest absolute Gasteiger partial charge is 0.425 e. The van der Waals surface area contributed by atoms with Gasteiger partial charge in [0.1, 0.15) is 5.57 Å². The van der Waals surface area contributed by atoms with Gasteiger partial charge in [0.25, 0.3) is 17.4 Å². The zero-order chi connectivity index (χ0) is 24.5. The number of unbranched alkanes of at least 4 members (excludes halogenated alkanes) is 1. The van der Waals surface area contributed by atoms with Crippen LogP contribution < -0.4 is 5.32 Å². The summed E-state index contributed by atoms with van der Waals surface area (Å²) in [4.78, 5) is 39.3. The number of hydrogen-bond donors (Lipinski definition) is 1. The number of nitrogens with one attached hydrogen (secondary N) is 1. The van der Waals surface area contributed by atoms with Gasteiger partial charge in [0.05, 0.1) is 7.11 Å². The summed E-state index contributed by atoms with van der Waals surface area (Å²) >= 11 is 0. The number of halogens is 3. The van der Waals surface area contributed by atoms with Crippen molar-refractivity contribution >= 4 is 17.8 Å². The number of nitrogens with zero attached hydrogens (tertiary/aromatic N) is 1. The average molecular weight is 454 g/mol. The van der Waals surface area contributed by atoms with Gasteiger partial charge >= 0.3 is 12.1 Å². The molecule has 2 amide bonds. The Morgan fingerprint density at radius 2 is 1.69 bits per heavy atom. The summed E-state index contributed by atoms with van der Waals surface area (Å²) in [5.41, 5.74) is -4.04. The number of methoxy groups -OCH3 is 1. The monoisotopic (exact) mass is 454 g/mol. The van der Waals surface area contributed by atoms with Gasteiger partial charge in [-0.25, -0.2) is 4.79 Å². The van der Waals surface area contributed by atoms with Crippen LogP contribution in [0.25, 0.3) is 0 Å². The fraction of sp³-hybridized carbons (Fsp3) is 0.522. The van der Waals surface area contributed by atoms with Gasteiger partial charge in [-0.15, -0.1) is 0 Å². The second kappa shape index (κ2) is 8.96. The molecule has 0 spiro atoms. The highest BCUT2D eigenvalue weighted by atomic mass is 19.4. The molecular weight excluding hydrogens is 425 g/mol. The number of carbonyl (C=O) groups is 3. The summed E-state index contributed by atoms with van der Waals surface area (Å²) in [7, 11) is 0.927. The summed E-state index contributed by atoms with van der Waals surface area (Å²) in [6.45, 7) is 8.92. The maximum absolute atomic E-state index is 14.5. The van der Waals surface area contributed by atoms with Crippen molar-refractivity contribution in [3.63, 3.8) is 0 Å². The molecule has 1 N–H and O–H groups in total. The van der Waals surface area contributed by atoms with Crippen LogP contribution in [0.1, 0.15) is 63.4 Å². The fourth-order valence-corrected chi connectivity index (χ4v) is 3.67. The third-order valence-corrected chi connectivity index (χ3v) is 5.57. The van der Waals surface area contributed by atoms with E-state index in [9.17, 15) is 27.6 Å². The van der Waals surface area contributed by atoms with Crippen molar-refractivity contribution in [1.29, 1.82) is 0 Å².